The van der Waals surface area contributed by atoms with Crippen LogP contribution in [-0.4, -0.2) is 21.0 Å². The van der Waals surface area contributed by atoms with E-state index in [1.807, 2.05) is 12.1 Å². The van der Waals surface area contributed by atoms with Crippen LogP contribution in [0.3, 0.4) is 0 Å². The highest BCUT2D eigenvalue weighted by atomic mass is 31.2. The summed E-state index contributed by atoms with van der Waals surface area (Å²) < 4.78 is 16.4. The van der Waals surface area contributed by atoms with Gasteiger partial charge in [-0.05, 0) is 30.4 Å². The van der Waals surface area contributed by atoms with Gasteiger partial charge in [0.15, 0.2) is 0 Å². The topological polar surface area (TPSA) is 113 Å². The Morgan fingerprint density at radius 2 is 1.89 bits per heavy atom. The summed E-state index contributed by atoms with van der Waals surface area (Å²) in [5.41, 5.74) is 8.04. The number of phosphoric acid groups is 1. The van der Waals surface area contributed by atoms with Gasteiger partial charge in [-0.1, -0.05) is 64.2 Å². The van der Waals surface area contributed by atoms with Crippen LogP contribution in [0.25, 0.3) is 0 Å². The van der Waals surface area contributed by atoms with E-state index in [-0.39, 0.29) is 6.42 Å². The maximum atomic E-state index is 11.4. The van der Waals surface area contributed by atoms with Crippen LogP contribution in [0.2, 0.25) is 0 Å². The largest absolute Gasteiger partial charge is 0.470 e. The summed E-state index contributed by atoms with van der Waals surface area (Å²) in [5, 5.41) is 9.90. The molecule has 0 radical (unpaired) electrons. The summed E-state index contributed by atoms with van der Waals surface area (Å²) in [7, 11) is -4.75. The molecule has 1 aromatic carbocycles. The lowest BCUT2D eigenvalue weighted by atomic mass is 9.88. The van der Waals surface area contributed by atoms with Gasteiger partial charge in [0.2, 0.25) is 0 Å². The Hall–Kier alpha value is -1.17. The highest BCUT2D eigenvalue weighted by Crippen LogP contribution is 2.45. The highest BCUT2D eigenvalue weighted by molar-refractivity contribution is 7.46. The Balaban J connectivity index is 3.03. The van der Waals surface area contributed by atoms with Gasteiger partial charge in [-0.25, -0.2) is 4.57 Å². The van der Waals surface area contributed by atoms with Crippen molar-refractivity contribution in [1.82, 2.24) is 0 Å². The molecule has 0 fully saturated rings. The molecule has 0 amide bonds. The zero-order chi connectivity index (χ0) is 21.2. The average molecular weight is 413 g/mol. The molecule has 0 aliphatic heterocycles. The number of hydrogen-bond acceptors (Lipinski definition) is 4. The predicted molar refractivity (Wildman–Crippen MR) is 114 cm³/mol. The van der Waals surface area contributed by atoms with Gasteiger partial charge >= 0.3 is 7.82 Å². The second kappa shape index (κ2) is 12.4. The number of benzene rings is 1. The van der Waals surface area contributed by atoms with Crippen LogP contribution in [0, 0.1) is 0 Å². The molecule has 0 spiro atoms. The Kier molecular flexibility index (Phi) is 11.0. The fraction of sp³-hybridized carbons (Fsp3) is 0.619. The van der Waals surface area contributed by atoms with Crippen molar-refractivity contribution < 1.29 is 24.0 Å². The number of aliphatic hydroxyl groups excluding tert-OH is 1. The lowest BCUT2D eigenvalue weighted by Gasteiger charge is -2.24. The maximum absolute atomic E-state index is 11.4. The average Bonchev–Trinajstić information content (AvgIpc) is 2.63. The minimum absolute atomic E-state index is 0.0317. The predicted octanol–water partition coefficient (Wildman–Crippen LogP) is 5.21. The first kappa shape index (κ1) is 24.9. The monoisotopic (exact) mass is 413 g/mol. The first-order chi connectivity index (χ1) is 13.2. The molecule has 0 saturated carbocycles. The van der Waals surface area contributed by atoms with E-state index in [9.17, 15) is 19.5 Å². The molecule has 6 nitrogen and oxygen atoms in total. The van der Waals surface area contributed by atoms with Crippen molar-refractivity contribution in [3.63, 3.8) is 0 Å². The van der Waals surface area contributed by atoms with Crippen molar-refractivity contribution in [2.45, 2.75) is 83.3 Å². The molecule has 7 heteroatoms. The van der Waals surface area contributed by atoms with Crippen LogP contribution in [-0.2, 0) is 9.09 Å². The van der Waals surface area contributed by atoms with Crippen molar-refractivity contribution in [1.29, 1.82) is 0 Å². The van der Waals surface area contributed by atoms with E-state index >= 15 is 0 Å². The van der Waals surface area contributed by atoms with Crippen molar-refractivity contribution in [3.8, 4) is 0 Å². The molecule has 0 heterocycles. The molecule has 0 saturated heterocycles. The van der Waals surface area contributed by atoms with Crippen molar-refractivity contribution in [2.24, 2.45) is 0 Å². The lowest BCUT2D eigenvalue weighted by Crippen LogP contribution is -2.14. The number of phosphoric ester groups is 1. The summed E-state index contributed by atoms with van der Waals surface area (Å²) in [6.07, 6.45) is 7.41. The Morgan fingerprint density at radius 3 is 2.46 bits per heavy atom. The van der Waals surface area contributed by atoms with Crippen LogP contribution in [0.5, 0.6) is 0 Å². The zero-order valence-electron chi connectivity index (χ0n) is 17.1. The Morgan fingerprint density at radius 1 is 1.21 bits per heavy atom. The molecule has 1 aromatic rings. The molecule has 160 valence electrons. The summed E-state index contributed by atoms with van der Waals surface area (Å²) in [6, 6.07) is 5.59. The molecule has 0 aliphatic rings. The molecule has 3 unspecified atom stereocenters. The first-order valence-electron chi connectivity index (χ1n) is 10.2. The number of nitrogens with two attached hydrogens (primary N) is 1. The zero-order valence-corrected chi connectivity index (χ0v) is 18.0. The highest BCUT2D eigenvalue weighted by Gasteiger charge is 2.27. The molecule has 1 rings (SSSR count). The normalized spacial score (nSPS) is 15.2. The molecule has 0 bridgehead atoms. The van der Waals surface area contributed by atoms with Gasteiger partial charge in [-0.15, -0.1) is 6.58 Å². The van der Waals surface area contributed by atoms with E-state index in [0.29, 0.717) is 17.2 Å². The van der Waals surface area contributed by atoms with E-state index in [1.165, 1.54) is 31.8 Å². The van der Waals surface area contributed by atoms with Crippen molar-refractivity contribution in [2.75, 3.05) is 5.73 Å². The van der Waals surface area contributed by atoms with Gasteiger partial charge in [0.05, 0.1) is 12.2 Å². The van der Waals surface area contributed by atoms with E-state index < -0.39 is 20.0 Å². The minimum atomic E-state index is -4.75. The molecule has 5 N–H and O–H groups in total. The molecular weight excluding hydrogens is 377 g/mol. The maximum Gasteiger partial charge on any atom is 0.470 e. The fourth-order valence-electron chi connectivity index (χ4n) is 3.43. The van der Waals surface area contributed by atoms with Crippen LogP contribution in [0.4, 0.5) is 5.69 Å². The third-order valence-electron chi connectivity index (χ3n) is 5.07. The number of hydrogen-bond donors (Lipinski definition) is 4. The van der Waals surface area contributed by atoms with E-state index in [1.54, 1.807) is 6.07 Å². The SMILES string of the molecule is C=CC(O)CC(OP(=O)(O)O)c1cc(C(CC)CCCCCCC)ccc1N. The van der Waals surface area contributed by atoms with E-state index in [2.05, 4.69) is 20.4 Å². The van der Waals surface area contributed by atoms with Crippen LogP contribution in [0.1, 0.15) is 88.4 Å². The van der Waals surface area contributed by atoms with Crippen molar-refractivity contribution in [3.05, 3.63) is 42.0 Å². The summed E-state index contributed by atoms with van der Waals surface area (Å²) in [4.78, 5) is 18.6. The number of aliphatic hydroxyl groups is 1. The first-order valence-corrected chi connectivity index (χ1v) is 11.7. The quantitative estimate of drug-likeness (QED) is 0.144. The lowest BCUT2D eigenvalue weighted by molar-refractivity contribution is 0.0898. The summed E-state index contributed by atoms with van der Waals surface area (Å²) in [5.74, 6) is 0.348. The van der Waals surface area contributed by atoms with Crippen molar-refractivity contribution >= 4 is 13.5 Å². The third kappa shape index (κ3) is 8.89. The molecular formula is C21H36NO5P. The minimum Gasteiger partial charge on any atom is -0.398 e. The third-order valence-corrected chi connectivity index (χ3v) is 5.60. The van der Waals surface area contributed by atoms with Gasteiger partial charge in [-0.3, -0.25) is 4.52 Å². The van der Waals surface area contributed by atoms with E-state index in [0.717, 1.165) is 24.8 Å². The molecule has 0 aromatic heterocycles. The summed E-state index contributed by atoms with van der Waals surface area (Å²) >= 11 is 0. The number of rotatable bonds is 14. The number of nitrogen functional groups attached to an aromatic ring is 1. The molecule has 3 atom stereocenters. The smallest absolute Gasteiger partial charge is 0.398 e. The van der Waals surface area contributed by atoms with Crippen LogP contribution >= 0.6 is 7.82 Å². The standard InChI is InChI=1S/C21H36NO5P/c1-4-7-8-9-10-11-16(5-2)17-12-13-20(22)19(14-17)21(15-18(23)6-3)27-28(24,25)26/h6,12-14,16,18,21,23H,3-5,7-11,15,22H2,1-2H3,(H2,24,25,26). The molecule has 28 heavy (non-hydrogen) atoms. The van der Waals surface area contributed by atoms with Gasteiger partial charge in [-0.2, -0.15) is 0 Å². The number of unbranched alkanes of at least 4 members (excludes halogenated alkanes) is 4. The second-order valence-electron chi connectivity index (χ2n) is 7.32. The van der Waals surface area contributed by atoms with Crippen LogP contribution < -0.4 is 5.73 Å². The number of anilines is 1. The van der Waals surface area contributed by atoms with Gasteiger partial charge < -0.3 is 20.6 Å². The van der Waals surface area contributed by atoms with E-state index in [4.69, 9.17) is 10.3 Å². The van der Waals surface area contributed by atoms with Gasteiger partial charge in [0.1, 0.15) is 0 Å². The van der Waals surface area contributed by atoms with Gasteiger partial charge in [0, 0.05) is 17.7 Å². The Labute approximate surface area is 169 Å². The van der Waals surface area contributed by atoms with Gasteiger partial charge in [0.25, 0.3) is 0 Å². The second-order valence-corrected chi connectivity index (χ2v) is 8.51. The fourth-order valence-corrected chi connectivity index (χ4v) is 3.97. The molecule has 0 aliphatic carbocycles. The Bertz CT molecular complexity index is 646. The van der Waals surface area contributed by atoms with Crippen LogP contribution in [0.15, 0.2) is 30.9 Å². The summed E-state index contributed by atoms with van der Waals surface area (Å²) in [6.45, 7) is 7.84.